The van der Waals surface area contributed by atoms with Crippen LogP contribution in [0.1, 0.15) is 11.1 Å². The molecule has 0 saturated carbocycles. The van der Waals surface area contributed by atoms with Crippen LogP contribution in [0.15, 0.2) is 66.9 Å². The first-order valence-electron chi connectivity index (χ1n) is 7.92. The Labute approximate surface area is 145 Å². The molecule has 0 fully saturated rings. The van der Waals surface area contributed by atoms with E-state index in [0.29, 0.717) is 23.6 Å². The topological polar surface area (TPSA) is 54.0 Å². The SMILES string of the molecule is Cc1cccc(CC(=O)Nc2ccc(Nc3cccc(F)c3)nc2)c1. The first kappa shape index (κ1) is 16.6. The van der Waals surface area contributed by atoms with Gasteiger partial charge in [0, 0.05) is 5.69 Å². The van der Waals surface area contributed by atoms with E-state index in [1.165, 1.54) is 12.1 Å². The molecule has 1 amide bonds. The molecule has 0 radical (unpaired) electrons. The molecule has 25 heavy (non-hydrogen) atoms. The Morgan fingerprint density at radius 3 is 2.60 bits per heavy atom. The molecule has 3 rings (SSSR count). The Kier molecular flexibility index (Phi) is 5.04. The summed E-state index contributed by atoms with van der Waals surface area (Å²) in [4.78, 5) is 16.3. The third kappa shape index (κ3) is 4.88. The second kappa shape index (κ2) is 7.57. The lowest BCUT2D eigenvalue weighted by molar-refractivity contribution is -0.115. The predicted molar refractivity (Wildman–Crippen MR) is 97.4 cm³/mol. The van der Waals surface area contributed by atoms with Crippen molar-refractivity contribution in [2.75, 3.05) is 10.6 Å². The Morgan fingerprint density at radius 1 is 1.04 bits per heavy atom. The standard InChI is InChI=1S/C20H18FN3O/c1-14-4-2-5-15(10-14)11-20(25)24-18-8-9-19(22-13-18)23-17-7-3-6-16(21)12-17/h2-10,12-13H,11H2,1H3,(H,22,23)(H,24,25). The molecule has 0 aliphatic carbocycles. The summed E-state index contributed by atoms with van der Waals surface area (Å²) in [6, 6.07) is 17.5. The van der Waals surface area contributed by atoms with Gasteiger partial charge in [0.15, 0.2) is 0 Å². The van der Waals surface area contributed by atoms with Crippen molar-refractivity contribution in [1.29, 1.82) is 0 Å². The van der Waals surface area contributed by atoms with E-state index in [1.54, 1.807) is 30.5 Å². The highest BCUT2D eigenvalue weighted by molar-refractivity contribution is 5.92. The highest BCUT2D eigenvalue weighted by Gasteiger charge is 2.05. The van der Waals surface area contributed by atoms with Crippen molar-refractivity contribution in [1.82, 2.24) is 4.98 Å². The number of benzene rings is 2. The molecule has 0 bridgehead atoms. The van der Waals surface area contributed by atoms with Crippen molar-refractivity contribution in [2.24, 2.45) is 0 Å². The number of aryl methyl sites for hydroxylation is 1. The van der Waals surface area contributed by atoms with Gasteiger partial charge in [-0.1, -0.05) is 35.9 Å². The van der Waals surface area contributed by atoms with Crippen LogP contribution in [-0.4, -0.2) is 10.9 Å². The summed E-state index contributed by atoms with van der Waals surface area (Å²) in [5, 5.41) is 5.83. The van der Waals surface area contributed by atoms with Crippen molar-refractivity contribution < 1.29 is 9.18 Å². The number of rotatable bonds is 5. The lowest BCUT2D eigenvalue weighted by Gasteiger charge is -2.08. The second-order valence-corrected chi connectivity index (χ2v) is 5.78. The summed E-state index contributed by atoms with van der Waals surface area (Å²) in [5.41, 5.74) is 3.32. The van der Waals surface area contributed by atoms with Gasteiger partial charge in [-0.2, -0.15) is 0 Å². The summed E-state index contributed by atoms with van der Waals surface area (Å²) in [5.74, 6) is 0.158. The van der Waals surface area contributed by atoms with Gasteiger partial charge in [-0.3, -0.25) is 4.79 Å². The quantitative estimate of drug-likeness (QED) is 0.724. The molecule has 0 aliphatic heterocycles. The van der Waals surface area contributed by atoms with Gasteiger partial charge in [0.05, 0.1) is 18.3 Å². The number of carbonyl (C=O) groups is 1. The van der Waals surface area contributed by atoms with E-state index in [0.717, 1.165) is 11.1 Å². The van der Waals surface area contributed by atoms with Crippen LogP contribution in [0.3, 0.4) is 0 Å². The van der Waals surface area contributed by atoms with Gasteiger partial charge >= 0.3 is 0 Å². The van der Waals surface area contributed by atoms with E-state index < -0.39 is 0 Å². The third-order valence-electron chi connectivity index (χ3n) is 3.59. The smallest absolute Gasteiger partial charge is 0.228 e. The molecule has 126 valence electrons. The van der Waals surface area contributed by atoms with Gasteiger partial charge in [-0.15, -0.1) is 0 Å². The molecule has 3 aromatic rings. The molecule has 2 N–H and O–H groups in total. The monoisotopic (exact) mass is 335 g/mol. The molecule has 0 saturated heterocycles. The van der Waals surface area contributed by atoms with E-state index in [2.05, 4.69) is 15.6 Å². The maximum absolute atomic E-state index is 13.2. The lowest BCUT2D eigenvalue weighted by atomic mass is 10.1. The zero-order valence-electron chi connectivity index (χ0n) is 13.8. The number of halogens is 1. The number of amides is 1. The van der Waals surface area contributed by atoms with Crippen molar-refractivity contribution in [3.05, 3.63) is 83.8 Å². The molecule has 0 atom stereocenters. The second-order valence-electron chi connectivity index (χ2n) is 5.78. The average Bonchev–Trinajstić information content (AvgIpc) is 2.57. The summed E-state index contributed by atoms with van der Waals surface area (Å²) >= 11 is 0. The highest BCUT2D eigenvalue weighted by Crippen LogP contribution is 2.17. The highest BCUT2D eigenvalue weighted by atomic mass is 19.1. The van der Waals surface area contributed by atoms with Crippen LogP contribution in [-0.2, 0) is 11.2 Å². The molecular weight excluding hydrogens is 317 g/mol. The normalized spacial score (nSPS) is 10.3. The van der Waals surface area contributed by atoms with Crippen molar-refractivity contribution in [3.8, 4) is 0 Å². The minimum Gasteiger partial charge on any atom is -0.340 e. The summed E-state index contributed by atoms with van der Waals surface area (Å²) in [6.07, 6.45) is 1.88. The molecule has 2 aromatic carbocycles. The Hall–Kier alpha value is -3.21. The van der Waals surface area contributed by atoms with Crippen LogP contribution in [0.5, 0.6) is 0 Å². The van der Waals surface area contributed by atoms with Crippen LogP contribution in [0.25, 0.3) is 0 Å². The van der Waals surface area contributed by atoms with Crippen LogP contribution in [0.2, 0.25) is 0 Å². The van der Waals surface area contributed by atoms with Crippen LogP contribution >= 0.6 is 0 Å². The van der Waals surface area contributed by atoms with Crippen molar-refractivity contribution in [3.63, 3.8) is 0 Å². The number of hydrogen-bond acceptors (Lipinski definition) is 3. The minimum atomic E-state index is -0.315. The summed E-state index contributed by atoms with van der Waals surface area (Å²) in [6.45, 7) is 2.00. The fraction of sp³-hybridized carbons (Fsp3) is 0.100. The first-order chi connectivity index (χ1) is 12.1. The fourth-order valence-electron chi connectivity index (χ4n) is 2.47. The minimum absolute atomic E-state index is 0.0989. The molecule has 5 heteroatoms. The third-order valence-corrected chi connectivity index (χ3v) is 3.59. The van der Waals surface area contributed by atoms with E-state index >= 15 is 0 Å². The Morgan fingerprint density at radius 2 is 1.88 bits per heavy atom. The van der Waals surface area contributed by atoms with Gasteiger partial charge < -0.3 is 10.6 Å². The number of carbonyl (C=O) groups excluding carboxylic acids is 1. The van der Waals surface area contributed by atoms with Crippen LogP contribution in [0.4, 0.5) is 21.6 Å². The zero-order valence-corrected chi connectivity index (χ0v) is 13.8. The molecule has 0 aliphatic rings. The maximum Gasteiger partial charge on any atom is 0.228 e. The van der Waals surface area contributed by atoms with Crippen molar-refractivity contribution >= 4 is 23.1 Å². The summed E-state index contributed by atoms with van der Waals surface area (Å²) in [7, 11) is 0. The van der Waals surface area contributed by atoms with Crippen LogP contribution < -0.4 is 10.6 Å². The predicted octanol–water partition coefficient (Wildman–Crippen LogP) is 4.45. The molecule has 4 nitrogen and oxygen atoms in total. The Balaban J connectivity index is 1.59. The number of nitrogens with one attached hydrogen (secondary N) is 2. The molecular formula is C20H18FN3O. The molecule has 1 heterocycles. The number of pyridine rings is 1. The van der Waals surface area contributed by atoms with E-state index in [4.69, 9.17) is 0 Å². The molecule has 0 spiro atoms. The van der Waals surface area contributed by atoms with Gasteiger partial charge in [-0.25, -0.2) is 9.37 Å². The fourth-order valence-corrected chi connectivity index (χ4v) is 2.47. The van der Waals surface area contributed by atoms with Gasteiger partial charge in [0.2, 0.25) is 5.91 Å². The average molecular weight is 335 g/mol. The number of aromatic nitrogens is 1. The van der Waals surface area contributed by atoms with Gasteiger partial charge in [-0.05, 0) is 42.8 Å². The molecule has 0 unspecified atom stereocenters. The van der Waals surface area contributed by atoms with Gasteiger partial charge in [0.25, 0.3) is 0 Å². The summed E-state index contributed by atoms with van der Waals surface area (Å²) < 4.78 is 13.2. The van der Waals surface area contributed by atoms with Gasteiger partial charge in [0.1, 0.15) is 11.6 Å². The lowest BCUT2D eigenvalue weighted by Crippen LogP contribution is -2.14. The largest absolute Gasteiger partial charge is 0.340 e. The van der Waals surface area contributed by atoms with E-state index in [-0.39, 0.29) is 11.7 Å². The van der Waals surface area contributed by atoms with E-state index in [1.807, 2.05) is 31.2 Å². The number of anilines is 3. The first-order valence-corrected chi connectivity index (χ1v) is 7.92. The maximum atomic E-state index is 13.2. The number of nitrogens with zero attached hydrogens (tertiary/aromatic N) is 1. The Bertz CT molecular complexity index is 878. The van der Waals surface area contributed by atoms with E-state index in [9.17, 15) is 9.18 Å². The van der Waals surface area contributed by atoms with Crippen molar-refractivity contribution in [2.45, 2.75) is 13.3 Å². The molecule has 1 aromatic heterocycles. The number of hydrogen-bond donors (Lipinski definition) is 2. The van der Waals surface area contributed by atoms with Crippen LogP contribution in [0, 0.1) is 12.7 Å². The zero-order chi connectivity index (χ0) is 17.6.